The maximum atomic E-state index is 12.6. The van der Waals surface area contributed by atoms with Crippen LogP contribution < -0.4 is 31.9 Å². The van der Waals surface area contributed by atoms with Crippen LogP contribution in [0.25, 0.3) is 12.2 Å². The van der Waals surface area contributed by atoms with Crippen LogP contribution in [-0.2, 0) is 29.8 Å². The van der Waals surface area contributed by atoms with E-state index >= 15 is 0 Å². The molecule has 2 aromatic heterocycles. The van der Waals surface area contributed by atoms with E-state index in [2.05, 4.69) is 75.0 Å². The van der Waals surface area contributed by atoms with Crippen molar-refractivity contribution in [1.29, 1.82) is 0 Å². The summed E-state index contributed by atoms with van der Waals surface area (Å²) in [6.45, 7) is 6.81. The Morgan fingerprint density at radius 2 is 0.783 bits per heavy atom. The van der Waals surface area contributed by atoms with E-state index in [0.717, 1.165) is 24.3 Å². The molecule has 0 aliphatic heterocycles. The van der Waals surface area contributed by atoms with E-state index < -0.39 is 41.8 Å². The Morgan fingerprint density at radius 1 is 0.467 bits per heavy atom. The summed E-state index contributed by atoms with van der Waals surface area (Å²) in [6, 6.07) is 25.3. The van der Waals surface area contributed by atoms with Gasteiger partial charge in [-0.15, -0.1) is 0 Å². The van der Waals surface area contributed by atoms with Crippen LogP contribution >= 0.6 is 0 Å². The third-order valence-electron chi connectivity index (χ3n) is 7.71. The second-order valence-corrected chi connectivity index (χ2v) is 14.8. The van der Waals surface area contributed by atoms with Crippen molar-refractivity contribution in [3.8, 4) is 0 Å². The van der Waals surface area contributed by atoms with E-state index in [1.54, 1.807) is 60.7 Å². The van der Waals surface area contributed by atoms with Crippen molar-refractivity contribution in [2.24, 2.45) is 0 Å². The van der Waals surface area contributed by atoms with Gasteiger partial charge in [0.2, 0.25) is 47.5 Å². The number of anilines is 10. The van der Waals surface area contributed by atoms with Gasteiger partial charge in [-0.1, -0.05) is 73.8 Å². The fraction of sp³-hybridized carbons (Fsp3) is 0. The molecule has 2 amide bonds. The van der Waals surface area contributed by atoms with Gasteiger partial charge in [-0.2, -0.15) is 46.7 Å². The van der Waals surface area contributed by atoms with Crippen LogP contribution in [0.3, 0.4) is 0 Å². The molecule has 0 saturated carbocycles. The number of carbonyl (C=O) groups excluding carboxylic acids is 2. The second-order valence-electron chi connectivity index (χ2n) is 12.0. The maximum Gasteiger partial charge on any atom is 0.295 e. The Kier molecular flexibility index (Phi) is 12.6. The van der Waals surface area contributed by atoms with Gasteiger partial charge in [-0.3, -0.25) is 29.3 Å². The van der Waals surface area contributed by atoms with Crippen molar-refractivity contribution >= 4 is 103 Å². The first-order valence-corrected chi connectivity index (χ1v) is 20.0. The van der Waals surface area contributed by atoms with Gasteiger partial charge in [0.25, 0.3) is 20.2 Å². The number of amides is 2. The third kappa shape index (κ3) is 11.4. The highest BCUT2D eigenvalue weighted by Crippen LogP contribution is 2.29. The zero-order valence-electron chi connectivity index (χ0n) is 30.8. The summed E-state index contributed by atoms with van der Waals surface area (Å²) in [7, 11) is -9.81. The molecule has 0 spiro atoms. The highest BCUT2D eigenvalue weighted by molar-refractivity contribution is 7.86. The lowest BCUT2D eigenvalue weighted by molar-refractivity contribution is -0.112. The quantitative estimate of drug-likeness (QED) is 0.0317. The number of hydrogen-bond acceptors (Lipinski definition) is 16. The molecule has 0 fully saturated rings. The third-order valence-corrected chi connectivity index (χ3v) is 9.53. The molecular weight excluding hydrogens is 817 g/mol. The minimum Gasteiger partial charge on any atom is -0.324 e. The first-order chi connectivity index (χ1) is 28.6. The van der Waals surface area contributed by atoms with Crippen LogP contribution in [0, 0.1) is 0 Å². The van der Waals surface area contributed by atoms with E-state index in [-0.39, 0.29) is 58.2 Å². The Balaban J connectivity index is 1.29. The van der Waals surface area contributed by atoms with E-state index in [9.17, 15) is 35.5 Å². The van der Waals surface area contributed by atoms with Gasteiger partial charge in [0.1, 0.15) is 9.79 Å². The van der Waals surface area contributed by atoms with Gasteiger partial charge < -0.3 is 21.3 Å². The van der Waals surface area contributed by atoms with E-state index in [4.69, 9.17) is 0 Å². The van der Waals surface area contributed by atoms with Crippen LogP contribution in [0.4, 0.5) is 58.4 Å². The largest absolute Gasteiger partial charge is 0.324 e. The molecule has 6 rings (SSSR count). The number of rotatable bonds is 16. The molecule has 0 atom stereocenters. The molecule has 0 aliphatic rings. The van der Waals surface area contributed by atoms with Gasteiger partial charge in [0.15, 0.2) is 0 Å². The van der Waals surface area contributed by atoms with Crippen LogP contribution in [0.5, 0.6) is 0 Å². The first kappa shape index (κ1) is 41.7. The van der Waals surface area contributed by atoms with Crippen molar-refractivity contribution in [3.63, 3.8) is 0 Å². The molecule has 60 heavy (non-hydrogen) atoms. The first-order valence-electron chi connectivity index (χ1n) is 17.1. The van der Waals surface area contributed by atoms with Gasteiger partial charge in [0, 0.05) is 22.7 Å². The SMILES string of the molecule is C=CC(=O)Nc1nc(Nc2ccccc2)nc(Nc2ccc(/C=C/c3ccc(Nc4nc(NC(=O)C=C)nc(Nc5ccccc5)n4)cc3S(=O)(=O)O)c(S(=O)(=O)O)c2)n1. The molecule has 0 unspecified atom stereocenters. The van der Waals surface area contributed by atoms with Crippen LogP contribution in [0.1, 0.15) is 11.1 Å². The normalized spacial score (nSPS) is 11.3. The summed E-state index contributed by atoms with van der Waals surface area (Å²) in [5, 5.41) is 16.5. The molecule has 304 valence electrons. The number of nitrogens with zero attached hydrogens (tertiary/aromatic N) is 6. The molecule has 4 aromatic carbocycles. The minimum atomic E-state index is -4.90. The van der Waals surface area contributed by atoms with Crippen molar-refractivity contribution < 1.29 is 35.5 Å². The highest BCUT2D eigenvalue weighted by Gasteiger charge is 2.19. The topological polar surface area (TPSA) is 292 Å². The average molecular weight is 849 g/mol. The minimum absolute atomic E-state index is 0.0170. The molecule has 0 aliphatic carbocycles. The fourth-order valence-corrected chi connectivity index (χ4v) is 6.51. The second kappa shape index (κ2) is 18.1. The zero-order valence-corrected chi connectivity index (χ0v) is 32.4. The van der Waals surface area contributed by atoms with Crippen molar-refractivity contribution in [2.45, 2.75) is 9.79 Å². The fourth-order valence-electron chi connectivity index (χ4n) is 5.10. The zero-order chi connectivity index (χ0) is 42.9. The smallest absolute Gasteiger partial charge is 0.295 e. The predicted molar refractivity (Wildman–Crippen MR) is 225 cm³/mol. The summed E-state index contributed by atoms with van der Waals surface area (Å²) in [5.41, 5.74) is 1.23. The van der Waals surface area contributed by atoms with E-state index in [1.165, 1.54) is 36.4 Å². The van der Waals surface area contributed by atoms with Gasteiger partial charge in [0.05, 0.1) is 0 Å². The molecule has 20 nitrogen and oxygen atoms in total. The number of hydrogen-bond donors (Lipinski definition) is 8. The van der Waals surface area contributed by atoms with E-state index in [0.29, 0.717) is 11.4 Å². The number of carbonyl (C=O) groups is 2. The van der Waals surface area contributed by atoms with Crippen molar-refractivity contribution in [2.75, 3.05) is 31.9 Å². The molecule has 2 heterocycles. The monoisotopic (exact) mass is 848 g/mol. The molecule has 22 heteroatoms. The standard InChI is InChI=1S/C38H32N12O8S2/c1-3-31(51)43-37-47-33(39-25-11-7-5-8-12-25)45-35(49-37)41-27-19-17-23(29(21-27)59(53,54)55)15-16-24-18-20-28(22-30(24)60(56,57)58)42-36-46-34(40-26-13-9-6-10-14-26)48-38(50-36)44-32(52)4-2/h3-22H,1-2H2,(H,53,54,55)(H,56,57,58)(H3,39,41,43,45,47,49,51)(H3,40,42,44,46,48,50,52)/b16-15+. The molecular formula is C38H32N12O8S2. The lowest BCUT2D eigenvalue weighted by Gasteiger charge is -2.12. The highest BCUT2D eigenvalue weighted by atomic mass is 32.2. The Hall–Kier alpha value is -7.92. The summed E-state index contributed by atoms with van der Waals surface area (Å²) in [5.74, 6) is -1.77. The Labute approximate surface area is 342 Å². The number of para-hydroxylation sites is 2. The summed E-state index contributed by atoms with van der Waals surface area (Å²) >= 11 is 0. The number of aromatic nitrogens is 6. The van der Waals surface area contributed by atoms with Crippen LogP contribution in [0.15, 0.2) is 132 Å². The molecule has 8 N–H and O–H groups in total. The van der Waals surface area contributed by atoms with Gasteiger partial charge in [-0.25, -0.2) is 0 Å². The lowest BCUT2D eigenvalue weighted by atomic mass is 10.1. The average Bonchev–Trinajstić information content (AvgIpc) is 3.20. The lowest BCUT2D eigenvalue weighted by Crippen LogP contribution is -2.13. The molecule has 0 radical (unpaired) electrons. The summed E-state index contributed by atoms with van der Waals surface area (Å²) in [4.78, 5) is 48.1. The molecule has 6 aromatic rings. The Morgan fingerprint density at radius 3 is 1.10 bits per heavy atom. The van der Waals surface area contributed by atoms with Crippen molar-refractivity contribution in [1.82, 2.24) is 29.9 Å². The number of benzene rings is 4. The van der Waals surface area contributed by atoms with E-state index in [1.807, 2.05) is 0 Å². The van der Waals surface area contributed by atoms with Gasteiger partial charge in [-0.05, 0) is 71.8 Å². The summed E-state index contributed by atoms with van der Waals surface area (Å²) in [6.07, 6.45) is 4.44. The van der Waals surface area contributed by atoms with Crippen LogP contribution in [0.2, 0.25) is 0 Å². The molecule has 0 bridgehead atoms. The van der Waals surface area contributed by atoms with Crippen molar-refractivity contribution in [3.05, 3.63) is 133 Å². The summed E-state index contributed by atoms with van der Waals surface area (Å²) < 4.78 is 70.8. The Bertz CT molecular complexity index is 2670. The predicted octanol–water partition coefficient (Wildman–Crippen LogP) is 5.94. The van der Waals surface area contributed by atoms with Crippen LogP contribution in [-0.4, -0.2) is 67.7 Å². The maximum absolute atomic E-state index is 12.6. The molecule has 0 saturated heterocycles. The van der Waals surface area contributed by atoms with Gasteiger partial charge >= 0.3 is 0 Å². The number of nitrogens with one attached hydrogen (secondary N) is 6.